The molecule has 6 heteroatoms. The number of benzene rings is 3. The number of nitrogens with zero attached hydrogens (tertiary/aromatic N) is 2. The van der Waals surface area contributed by atoms with Crippen LogP contribution in [-0.4, -0.2) is 28.0 Å². The van der Waals surface area contributed by atoms with E-state index in [-0.39, 0.29) is 18.5 Å². The molecule has 4 aromatic rings. The van der Waals surface area contributed by atoms with Gasteiger partial charge in [0.05, 0.1) is 11.3 Å². The van der Waals surface area contributed by atoms with Crippen LogP contribution >= 0.6 is 0 Å². The van der Waals surface area contributed by atoms with Crippen molar-refractivity contribution in [3.63, 3.8) is 0 Å². The maximum atomic E-state index is 12.4. The molecule has 0 unspecified atom stereocenters. The predicted octanol–water partition coefficient (Wildman–Crippen LogP) is 4.26. The Hall–Kier alpha value is -4.19. The molecular weight excluding hydrogens is 414 g/mol. The minimum atomic E-state index is -0.387. The van der Waals surface area contributed by atoms with E-state index in [0.29, 0.717) is 36.5 Å². The summed E-state index contributed by atoms with van der Waals surface area (Å²) in [5.41, 5.74) is 3.07. The second-order valence-corrected chi connectivity index (χ2v) is 7.58. The second kappa shape index (κ2) is 10.9. The van der Waals surface area contributed by atoms with E-state index in [0.717, 1.165) is 11.3 Å². The van der Waals surface area contributed by atoms with Crippen molar-refractivity contribution in [1.29, 1.82) is 0 Å². The Morgan fingerprint density at radius 1 is 0.818 bits per heavy atom. The number of hydrogen-bond donors (Lipinski definition) is 1. The van der Waals surface area contributed by atoms with Gasteiger partial charge in [-0.2, -0.15) is 0 Å². The highest BCUT2D eigenvalue weighted by atomic mass is 16.5. The molecule has 4 rings (SSSR count). The summed E-state index contributed by atoms with van der Waals surface area (Å²) in [4.78, 5) is 29.3. The van der Waals surface area contributed by atoms with Crippen molar-refractivity contribution in [1.82, 2.24) is 14.9 Å². The molecule has 0 fully saturated rings. The third-order valence-electron chi connectivity index (χ3n) is 5.15. The number of esters is 1. The highest BCUT2D eigenvalue weighted by Gasteiger charge is 2.13. The van der Waals surface area contributed by atoms with Gasteiger partial charge in [-0.15, -0.1) is 0 Å². The standard InChI is InChI=1S/C27H25N3O3/c31-26(22-12-6-2-7-13-22)28-17-16-24-19-30(18-21-10-4-1-5-11-21)25(29-24)20-33-27(32)23-14-8-3-9-15-23/h1-15,19H,16-18,20H2,(H,28,31). The third kappa shape index (κ3) is 6.17. The summed E-state index contributed by atoms with van der Waals surface area (Å²) >= 11 is 0. The van der Waals surface area contributed by atoms with E-state index in [1.165, 1.54) is 0 Å². The molecule has 0 saturated heterocycles. The zero-order valence-electron chi connectivity index (χ0n) is 18.2. The molecular formula is C27H25N3O3. The van der Waals surface area contributed by atoms with Crippen molar-refractivity contribution in [2.24, 2.45) is 0 Å². The molecule has 1 aromatic heterocycles. The van der Waals surface area contributed by atoms with Crippen molar-refractivity contribution in [3.05, 3.63) is 125 Å². The Bertz CT molecular complexity index is 1190. The Balaban J connectivity index is 1.42. The SMILES string of the molecule is O=C(NCCc1cn(Cc2ccccc2)c(COC(=O)c2ccccc2)n1)c1ccccc1. The van der Waals surface area contributed by atoms with Crippen LogP contribution in [0.2, 0.25) is 0 Å². The minimum Gasteiger partial charge on any atom is -0.454 e. The molecule has 0 spiro atoms. The zero-order valence-corrected chi connectivity index (χ0v) is 18.2. The van der Waals surface area contributed by atoms with Crippen molar-refractivity contribution in [3.8, 4) is 0 Å². The van der Waals surface area contributed by atoms with Crippen LogP contribution in [0, 0.1) is 0 Å². The van der Waals surface area contributed by atoms with Gasteiger partial charge in [-0.3, -0.25) is 4.79 Å². The Labute approximate surface area is 192 Å². The number of ether oxygens (including phenoxy) is 1. The summed E-state index contributed by atoms with van der Waals surface area (Å²) in [7, 11) is 0. The van der Waals surface area contributed by atoms with Gasteiger partial charge in [-0.25, -0.2) is 9.78 Å². The Morgan fingerprint density at radius 3 is 2.09 bits per heavy atom. The Kier molecular flexibility index (Phi) is 7.28. The van der Waals surface area contributed by atoms with Gasteiger partial charge < -0.3 is 14.6 Å². The molecule has 0 atom stereocenters. The van der Waals surface area contributed by atoms with E-state index >= 15 is 0 Å². The average molecular weight is 440 g/mol. The molecule has 1 heterocycles. The highest BCUT2D eigenvalue weighted by molar-refractivity contribution is 5.94. The van der Waals surface area contributed by atoms with Crippen molar-refractivity contribution in [2.75, 3.05) is 6.54 Å². The van der Waals surface area contributed by atoms with Crippen LogP contribution in [0.25, 0.3) is 0 Å². The summed E-state index contributed by atoms with van der Waals surface area (Å²) in [6.07, 6.45) is 2.52. The van der Waals surface area contributed by atoms with Gasteiger partial charge in [0, 0.05) is 31.3 Å². The average Bonchev–Trinajstić information content (AvgIpc) is 3.25. The lowest BCUT2D eigenvalue weighted by Gasteiger charge is -2.09. The van der Waals surface area contributed by atoms with Crippen LogP contribution in [0.4, 0.5) is 0 Å². The Morgan fingerprint density at radius 2 is 1.42 bits per heavy atom. The summed E-state index contributed by atoms with van der Waals surface area (Å²) in [6.45, 7) is 1.14. The molecule has 3 aromatic carbocycles. The number of rotatable bonds is 9. The summed E-state index contributed by atoms with van der Waals surface area (Å²) in [5, 5.41) is 2.92. The van der Waals surface area contributed by atoms with Crippen LogP contribution in [0.3, 0.4) is 0 Å². The van der Waals surface area contributed by atoms with Gasteiger partial charge in [0.2, 0.25) is 0 Å². The molecule has 33 heavy (non-hydrogen) atoms. The van der Waals surface area contributed by atoms with Crippen molar-refractivity contribution >= 4 is 11.9 Å². The van der Waals surface area contributed by atoms with Crippen LogP contribution in [-0.2, 0) is 24.3 Å². The maximum Gasteiger partial charge on any atom is 0.338 e. The summed E-state index contributed by atoms with van der Waals surface area (Å²) in [5.74, 6) is 0.158. The lowest BCUT2D eigenvalue weighted by molar-refractivity contribution is 0.0458. The van der Waals surface area contributed by atoms with E-state index < -0.39 is 0 Å². The number of carbonyl (C=O) groups excluding carboxylic acids is 2. The monoisotopic (exact) mass is 439 g/mol. The van der Waals surface area contributed by atoms with Gasteiger partial charge in [0.15, 0.2) is 0 Å². The number of imidazole rings is 1. The minimum absolute atomic E-state index is 0.0664. The number of hydrogen-bond acceptors (Lipinski definition) is 4. The van der Waals surface area contributed by atoms with E-state index in [1.54, 1.807) is 36.4 Å². The number of amides is 1. The van der Waals surface area contributed by atoms with Crippen LogP contribution in [0.5, 0.6) is 0 Å². The highest BCUT2D eigenvalue weighted by Crippen LogP contribution is 2.12. The van der Waals surface area contributed by atoms with Gasteiger partial charge in [0.1, 0.15) is 12.4 Å². The van der Waals surface area contributed by atoms with Crippen LogP contribution in [0.1, 0.15) is 37.8 Å². The zero-order chi connectivity index (χ0) is 22.9. The van der Waals surface area contributed by atoms with E-state index in [2.05, 4.69) is 10.3 Å². The lowest BCUT2D eigenvalue weighted by Crippen LogP contribution is -2.25. The van der Waals surface area contributed by atoms with E-state index in [9.17, 15) is 9.59 Å². The maximum absolute atomic E-state index is 12.4. The van der Waals surface area contributed by atoms with E-state index in [4.69, 9.17) is 4.74 Å². The molecule has 0 aliphatic rings. The largest absolute Gasteiger partial charge is 0.454 e. The fourth-order valence-electron chi connectivity index (χ4n) is 3.45. The van der Waals surface area contributed by atoms with Gasteiger partial charge in [0.25, 0.3) is 5.91 Å². The van der Waals surface area contributed by atoms with Gasteiger partial charge in [-0.05, 0) is 29.8 Å². The first-order valence-corrected chi connectivity index (χ1v) is 10.8. The molecule has 0 saturated carbocycles. The molecule has 0 bridgehead atoms. The molecule has 6 nitrogen and oxygen atoms in total. The van der Waals surface area contributed by atoms with E-state index in [1.807, 2.05) is 65.4 Å². The molecule has 1 amide bonds. The molecule has 166 valence electrons. The topological polar surface area (TPSA) is 73.2 Å². The summed E-state index contributed by atoms with van der Waals surface area (Å²) < 4.78 is 7.50. The normalized spacial score (nSPS) is 10.5. The molecule has 0 aliphatic heterocycles. The number of aromatic nitrogens is 2. The number of nitrogens with one attached hydrogen (secondary N) is 1. The third-order valence-corrected chi connectivity index (χ3v) is 5.15. The first kappa shape index (κ1) is 22.0. The van der Waals surface area contributed by atoms with Crippen LogP contribution in [0.15, 0.2) is 97.2 Å². The number of carbonyl (C=O) groups is 2. The van der Waals surface area contributed by atoms with Gasteiger partial charge >= 0.3 is 5.97 Å². The fraction of sp³-hybridized carbons (Fsp3) is 0.148. The smallest absolute Gasteiger partial charge is 0.338 e. The fourth-order valence-corrected chi connectivity index (χ4v) is 3.45. The van der Waals surface area contributed by atoms with Crippen molar-refractivity contribution < 1.29 is 14.3 Å². The predicted molar refractivity (Wildman–Crippen MR) is 126 cm³/mol. The second-order valence-electron chi connectivity index (χ2n) is 7.58. The molecule has 0 aliphatic carbocycles. The molecule has 0 radical (unpaired) electrons. The molecule has 1 N–H and O–H groups in total. The lowest BCUT2D eigenvalue weighted by atomic mass is 10.2. The first-order valence-electron chi connectivity index (χ1n) is 10.8. The van der Waals surface area contributed by atoms with Gasteiger partial charge in [-0.1, -0.05) is 66.7 Å². The quantitative estimate of drug-likeness (QED) is 0.396. The first-order chi connectivity index (χ1) is 16.2. The van der Waals surface area contributed by atoms with Crippen LogP contribution < -0.4 is 5.32 Å². The summed E-state index contributed by atoms with van der Waals surface area (Å²) in [6, 6.07) is 28.0. The van der Waals surface area contributed by atoms with Crippen molar-refractivity contribution in [2.45, 2.75) is 19.6 Å².